The molecule has 0 bridgehead atoms. The highest BCUT2D eigenvalue weighted by atomic mass is 35.5. The Bertz CT molecular complexity index is 770. The van der Waals surface area contributed by atoms with Gasteiger partial charge in [-0.2, -0.15) is 0 Å². The zero-order valence-electron chi connectivity index (χ0n) is 13.0. The van der Waals surface area contributed by atoms with Gasteiger partial charge in [0.15, 0.2) is 0 Å². The van der Waals surface area contributed by atoms with Crippen LogP contribution in [-0.2, 0) is 12.8 Å². The van der Waals surface area contributed by atoms with Crippen LogP contribution in [0.4, 0.5) is 5.00 Å². The molecule has 5 heteroatoms. The van der Waals surface area contributed by atoms with Crippen molar-refractivity contribution in [3.05, 3.63) is 50.9 Å². The van der Waals surface area contributed by atoms with Gasteiger partial charge in [-0.05, 0) is 48.4 Å². The average molecular weight is 347 g/mol. The highest BCUT2D eigenvalue weighted by Gasteiger charge is 2.33. The summed E-state index contributed by atoms with van der Waals surface area (Å²) in [6.07, 6.45) is 4.33. The molecule has 120 valence electrons. The van der Waals surface area contributed by atoms with E-state index in [1.807, 2.05) is 24.3 Å². The van der Waals surface area contributed by atoms with E-state index >= 15 is 0 Å². The van der Waals surface area contributed by atoms with Gasteiger partial charge in [-0.25, -0.2) is 0 Å². The third-order valence-corrected chi connectivity index (χ3v) is 6.33. The number of carbonyl (C=O) groups is 1. The van der Waals surface area contributed by atoms with Crippen LogP contribution in [0.1, 0.15) is 52.3 Å². The van der Waals surface area contributed by atoms with Gasteiger partial charge >= 0.3 is 0 Å². The molecule has 2 aromatic rings. The number of fused-ring (bicyclic) bond motifs is 3. The molecule has 23 heavy (non-hydrogen) atoms. The summed E-state index contributed by atoms with van der Waals surface area (Å²) < 4.78 is 0. The maximum absolute atomic E-state index is 12.7. The van der Waals surface area contributed by atoms with Gasteiger partial charge in [0.25, 0.3) is 5.91 Å². The van der Waals surface area contributed by atoms with Crippen molar-refractivity contribution >= 4 is 33.8 Å². The molecule has 3 nitrogen and oxygen atoms in total. The number of hydrogen-bond acceptors (Lipinski definition) is 3. The number of hydrogen-bond donors (Lipinski definition) is 2. The lowest BCUT2D eigenvalue weighted by Gasteiger charge is -2.27. The normalized spacial score (nSPS) is 22.8. The van der Waals surface area contributed by atoms with Crippen LogP contribution < -0.4 is 10.6 Å². The summed E-state index contributed by atoms with van der Waals surface area (Å²) in [5.74, 6) is 0.797. The summed E-state index contributed by atoms with van der Waals surface area (Å²) in [6, 6.07) is 7.63. The summed E-state index contributed by atoms with van der Waals surface area (Å²) in [7, 11) is 0. The molecule has 2 N–H and O–H groups in total. The van der Waals surface area contributed by atoms with Crippen LogP contribution in [0.3, 0.4) is 0 Å². The number of nitrogens with one attached hydrogen (secondary N) is 2. The lowest BCUT2D eigenvalue weighted by Crippen LogP contribution is -2.38. The maximum atomic E-state index is 12.7. The molecule has 1 amide bonds. The molecule has 2 heterocycles. The summed E-state index contributed by atoms with van der Waals surface area (Å²) in [5, 5.41) is 8.26. The molecular formula is C18H19ClN2OS. The SMILES string of the molecule is CC[C@@H]1CCc2c(sc3c2C(=O)N[C@H](c2cccc(Cl)c2)N3)C1. The maximum Gasteiger partial charge on any atom is 0.256 e. The van der Waals surface area contributed by atoms with E-state index in [-0.39, 0.29) is 12.1 Å². The van der Waals surface area contributed by atoms with E-state index in [0.29, 0.717) is 5.02 Å². The van der Waals surface area contributed by atoms with E-state index in [9.17, 15) is 4.79 Å². The third-order valence-electron chi connectivity index (χ3n) is 4.90. The second-order valence-corrected chi connectivity index (χ2v) is 7.87. The summed E-state index contributed by atoms with van der Waals surface area (Å²) in [5.41, 5.74) is 3.12. The van der Waals surface area contributed by atoms with Crippen molar-refractivity contribution in [1.29, 1.82) is 0 Å². The molecule has 1 aliphatic heterocycles. The van der Waals surface area contributed by atoms with E-state index in [1.54, 1.807) is 11.3 Å². The molecule has 1 aromatic carbocycles. The third kappa shape index (κ3) is 2.64. The lowest BCUT2D eigenvalue weighted by molar-refractivity contribution is 0.0935. The molecule has 2 aliphatic rings. The zero-order chi connectivity index (χ0) is 16.0. The van der Waals surface area contributed by atoms with E-state index in [4.69, 9.17) is 11.6 Å². The van der Waals surface area contributed by atoms with Crippen molar-refractivity contribution < 1.29 is 4.79 Å². The first kappa shape index (κ1) is 15.0. The van der Waals surface area contributed by atoms with Crippen molar-refractivity contribution in [2.75, 3.05) is 5.32 Å². The first-order valence-electron chi connectivity index (χ1n) is 8.13. The molecular weight excluding hydrogens is 328 g/mol. The van der Waals surface area contributed by atoms with Crippen molar-refractivity contribution in [2.24, 2.45) is 5.92 Å². The minimum Gasteiger partial charge on any atom is -0.353 e. The van der Waals surface area contributed by atoms with Crippen LogP contribution in [0, 0.1) is 5.92 Å². The Morgan fingerprint density at radius 2 is 2.22 bits per heavy atom. The fraction of sp³-hybridized carbons (Fsp3) is 0.389. The Balaban J connectivity index is 1.68. The number of thiophene rings is 1. The van der Waals surface area contributed by atoms with Crippen LogP contribution in [-0.4, -0.2) is 5.91 Å². The largest absolute Gasteiger partial charge is 0.353 e. The van der Waals surface area contributed by atoms with Gasteiger partial charge in [-0.15, -0.1) is 11.3 Å². The quantitative estimate of drug-likeness (QED) is 0.822. The topological polar surface area (TPSA) is 41.1 Å². The predicted octanol–water partition coefficient (Wildman–Crippen LogP) is 4.77. The first-order valence-corrected chi connectivity index (χ1v) is 9.32. The molecule has 0 unspecified atom stereocenters. The number of carbonyl (C=O) groups excluding carboxylic acids is 1. The summed E-state index contributed by atoms with van der Waals surface area (Å²) in [4.78, 5) is 14.1. The summed E-state index contributed by atoms with van der Waals surface area (Å²) in [6.45, 7) is 2.25. The minimum atomic E-state index is -0.212. The Hall–Kier alpha value is -1.52. The van der Waals surface area contributed by atoms with Crippen LogP contribution in [0.25, 0.3) is 0 Å². The Morgan fingerprint density at radius 1 is 1.35 bits per heavy atom. The molecule has 4 rings (SSSR count). The van der Waals surface area contributed by atoms with Gasteiger partial charge in [0.1, 0.15) is 11.2 Å². The molecule has 0 radical (unpaired) electrons. The van der Waals surface area contributed by atoms with Crippen LogP contribution >= 0.6 is 22.9 Å². The highest BCUT2D eigenvalue weighted by molar-refractivity contribution is 7.16. The zero-order valence-corrected chi connectivity index (χ0v) is 14.6. The van der Waals surface area contributed by atoms with E-state index in [2.05, 4.69) is 17.6 Å². The fourth-order valence-corrected chi connectivity index (χ4v) is 5.15. The molecule has 1 aromatic heterocycles. The fourth-order valence-electron chi connectivity index (χ4n) is 3.57. The number of halogens is 1. The average Bonchev–Trinajstić information content (AvgIpc) is 2.92. The Morgan fingerprint density at radius 3 is 3.00 bits per heavy atom. The number of benzene rings is 1. The van der Waals surface area contributed by atoms with Crippen LogP contribution in [0.15, 0.2) is 24.3 Å². The Kier molecular flexibility index (Phi) is 3.82. The van der Waals surface area contributed by atoms with Gasteiger partial charge in [-0.1, -0.05) is 37.1 Å². The second kappa shape index (κ2) is 5.84. The van der Waals surface area contributed by atoms with Crippen LogP contribution in [0.2, 0.25) is 5.02 Å². The van der Waals surface area contributed by atoms with Crippen molar-refractivity contribution in [1.82, 2.24) is 5.32 Å². The van der Waals surface area contributed by atoms with Crippen molar-refractivity contribution in [3.8, 4) is 0 Å². The van der Waals surface area contributed by atoms with Crippen molar-refractivity contribution in [3.63, 3.8) is 0 Å². The standard InChI is InChI=1S/C18H19ClN2OS/c1-2-10-6-7-13-14(8-10)23-18-15(13)17(22)20-16(21-18)11-4-3-5-12(19)9-11/h3-5,9-10,16,21H,2,6-8H2,1H3,(H,20,22)/t10-,16+/m1/s1. The molecule has 1 aliphatic carbocycles. The van der Waals surface area contributed by atoms with Gasteiger partial charge in [0.05, 0.1) is 5.56 Å². The van der Waals surface area contributed by atoms with Crippen LogP contribution in [0.5, 0.6) is 0 Å². The number of amides is 1. The molecule has 0 saturated heterocycles. The first-order chi connectivity index (χ1) is 11.2. The molecule has 0 saturated carbocycles. The molecule has 0 fully saturated rings. The van der Waals surface area contributed by atoms with Gasteiger partial charge < -0.3 is 10.6 Å². The van der Waals surface area contributed by atoms with Gasteiger partial charge in [0.2, 0.25) is 0 Å². The predicted molar refractivity (Wildman–Crippen MR) is 95.4 cm³/mol. The number of rotatable bonds is 2. The summed E-state index contributed by atoms with van der Waals surface area (Å²) >= 11 is 7.84. The molecule has 2 atom stereocenters. The van der Waals surface area contributed by atoms with Gasteiger partial charge in [-0.3, -0.25) is 4.79 Å². The molecule has 0 spiro atoms. The Labute approximate surface area is 145 Å². The van der Waals surface area contributed by atoms with E-state index in [0.717, 1.165) is 34.9 Å². The number of anilines is 1. The van der Waals surface area contributed by atoms with Gasteiger partial charge in [0, 0.05) is 9.90 Å². The minimum absolute atomic E-state index is 0.0381. The van der Waals surface area contributed by atoms with Crippen molar-refractivity contribution in [2.45, 2.75) is 38.8 Å². The monoisotopic (exact) mass is 346 g/mol. The van der Waals surface area contributed by atoms with E-state index in [1.165, 1.54) is 23.3 Å². The lowest BCUT2D eigenvalue weighted by atomic mass is 9.85. The van der Waals surface area contributed by atoms with E-state index < -0.39 is 0 Å². The highest BCUT2D eigenvalue weighted by Crippen LogP contribution is 2.43. The second-order valence-electron chi connectivity index (χ2n) is 6.33. The smallest absolute Gasteiger partial charge is 0.256 e.